The van der Waals surface area contributed by atoms with Crippen LogP contribution in [0.1, 0.15) is 67.7 Å². The van der Waals surface area contributed by atoms with Crippen molar-refractivity contribution in [3.05, 3.63) is 71.8 Å². The molecule has 0 amide bonds. The highest BCUT2D eigenvalue weighted by Gasteiger charge is 2.79. The number of hydrogen-bond acceptors (Lipinski definition) is 8. The number of ether oxygens (including phenoxy) is 4. The Kier molecular flexibility index (Phi) is 7.06. The van der Waals surface area contributed by atoms with Gasteiger partial charge in [-0.3, -0.25) is 4.79 Å². The number of aliphatic hydroxyl groups is 1. The molecule has 0 radical (unpaired) electrons. The normalized spacial score (nSPS) is 34.4. The Balaban J connectivity index is 1.63. The maximum absolute atomic E-state index is 13.4. The van der Waals surface area contributed by atoms with Gasteiger partial charge >= 0.3 is 17.9 Å². The fraction of sp³-hybridized carbons (Fsp3) is 0.516. The molecule has 5 rings (SSSR count). The molecular weight excluding hydrogens is 500 g/mol. The quantitative estimate of drug-likeness (QED) is 0.429. The molecule has 2 saturated carbocycles. The van der Waals surface area contributed by atoms with Gasteiger partial charge < -0.3 is 24.1 Å². The largest absolute Gasteiger partial charge is 0.462 e. The Labute approximate surface area is 228 Å². The summed E-state index contributed by atoms with van der Waals surface area (Å²) in [7, 11) is 0. The van der Waals surface area contributed by atoms with Crippen LogP contribution in [0.5, 0.6) is 0 Å². The topological polar surface area (TPSA) is 108 Å². The molecule has 39 heavy (non-hydrogen) atoms. The van der Waals surface area contributed by atoms with Gasteiger partial charge in [-0.15, -0.1) is 0 Å². The molecule has 2 aliphatic carbocycles. The minimum absolute atomic E-state index is 0.232. The van der Waals surface area contributed by atoms with E-state index in [9.17, 15) is 19.5 Å². The lowest BCUT2D eigenvalue weighted by atomic mass is 9.49. The highest BCUT2D eigenvalue weighted by molar-refractivity contribution is 5.90. The molecule has 1 heterocycles. The molecule has 208 valence electrons. The summed E-state index contributed by atoms with van der Waals surface area (Å²) in [5, 5.41) is 10.7. The van der Waals surface area contributed by atoms with Crippen molar-refractivity contribution in [3.8, 4) is 0 Å². The van der Waals surface area contributed by atoms with Crippen LogP contribution in [0.15, 0.2) is 60.7 Å². The summed E-state index contributed by atoms with van der Waals surface area (Å²) in [6.45, 7) is 6.86. The average Bonchev–Trinajstić information content (AvgIpc) is 3.09. The van der Waals surface area contributed by atoms with Gasteiger partial charge in [-0.05, 0) is 64.3 Å². The summed E-state index contributed by atoms with van der Waals surface area (Å²) in [4.78, 5) is 39.0. The molecule has 1 N–H and O–H groups in total. The van der Waals surface area contributed by atoms with E-state index in [0.717, 1.165) is 0 Å². The van der Waals surface area contributed by atoms with Crippen molar-refractivity contribution < 1.29 is 38.4 Å². The lowest BCUT2D eigenvalue weighted by molar-refractivity contribution is -0.289. The maximum atomic E-state index is 13.4. The summed E-state index contributed by atoms with van der Waals surface area (Å²) >= 11 is 0. The Morgan fingerprint density at radius 3 is 1.95 bits per heavy atom. The first-order chi connectivity index (χ1) is 18.5. The number of hydrogen-bond donors (Lipinski definition) is 1. The first kappa shape index (κ1) is 27.3. The number of carbonyl (C=O) groups is 3. The van der Waals surface area contributed by atoms with Gasteiger partial charge in [0.25, 0.3) is 0 Å². The number of rotatable bonds is 6. The van der Waals surface area contributed by atoms with Crippen LogP contribution >= 0.6 is 0 Å². The molecule has 3 aliphatic rings. The van der Waals surface area contributed by atoms with Crippen LogP contribution < -0.4 is 0 Å². The van der Waals surface area contributed by atoms with E-state index in [1.54, 1.807) is 48.5 Å². The van der Waals surface area contributed by atoms with Gasteiger partial charge in [0, 0.05) is 25.4 Å². The summed E-state index contributed by atoms with van der Waals surface area (Å²) in [5.41, 5.74) is -2.39. The monoisotopic (exact) mass is 536 g/mol. The predicted molar refractivity (Wildman–Crippen MR) is 141 cm³/mol. The molecular formula is C31H36O8. The number of benzene rings is 2. The molecule has 7 atom stereocenters. The third-order valence-electron chi connectivity index (χ3n) is 9.18. The fourth-order valence-corrected chi connectivity index (χ4v) is 7.34. The van der Waals surface area contributed by atoms with Crippen molar-refractivity contribution in [1.82, 2.24) is 0 Å². The molecule has 0 aromatic heterocycles. The van der Waals surface area contributed by atoms with Gasteiger partial charge in [0.15, 0.2) is 0 Å². The SMILES string of the molecule is CC(=O)OC1CCC(CO)C23OC(C)(C)C(CC(OC(=O)c4ccccc4)C12C)C3OC(=O)c1ccccc1. The van der Waals surface area contributed by atoms with Gasteiger partial charge in [0.05, 0.1) is 22.1 Å². The Hall–Kier alpha value is -3.23. The average molecular weight is 537 g/mol. The van der Waals surface area contributed by atoms with Gasteiger partial charge in [0.2, 0.25) is 0 Å². The zero-order valence-electron chi connectivity index (χ0n) is 22.8. The minimum Gasteiger partial charge on any atom is -0.462 e. The predicted octanol–water partition coefficient (Wildman–Crippen LogP) is 4.35. The summed E-state index contributed by atoms with van der Waals surface area (Å²) < 4.78 is 25.3. The van der Waals surface area contributed by atoms with E-state index in [4.69, 9.17) is 18.9 Å². The molecule has 1 aliphatic heterocycles. The molecule has 1 saturated heterocycles. The van der Waals surface area contributed by atoms with Crippen LogP contribution in [-0.2, 0) is 23.7 Å². The highest BCUT2D eigenvalue weighted by atomic mass is 16.6. The Morgan fingerprint density at radius 1 is 0.846 bits per heavy atom. The Bertz CT molecular complexity index is 1230. The molecule has 1 spiro atoms. The Morgan fingerprint density at radius 2 is 1.41 bits per heavy atom. The third-order valence-corrected chi connectivity index (χ3v) is 9.18. The van der Waals surface area contributed by atoms with E-state index in [1.165, 1.54) is 6.92 Å². The molecule has 2 aromatic carbocycles. The van der Waals surface area contributed by atoms with Crippen LogP contribution in [0.25, 0.3) is 0 Å². The second-order valence-electron chi connectivity index (χ2n) is 11.6. The van der Waals surface area contributed by atoms with Crippen LogP contribution in [0.4, 0.5) is 0 Å². The smallest absolute Gasteiger partial charge is 0.338 e. The van der Waals surface area contributed by atoms with Crippen molar-refractivity contribution in [2.45, 2.75) is 76.5 Å². The van der Waals surface area contributed by atoms with Crippen molar-refractivity contribution in [1.29, 1.82) is 0 Å². The number of aliphatic hydroxyl groups excluding tert-OH is 1. The van der Waals surface area contributed by atoms with Crippen LogP contribution in [0.2, 0.25) is 0 Å². The van der Waals surface area contributed by atoms with E-state index in [0.29, 0.717) is 30.4 Å². The van der Waals surface area contributed by atoms with Crippen molar-refractivity contribution in [3.63, 3.8) is 0 Å². The van der Waals surface area contributed by atoms with Gasteiger partial charge in [-0.25, -0.2) is 9.59 Å². The van der Waals surface area contributed by atoms with Crippen LogP contribution in [0.3, 0.4) is 0 Å². The van der Waals surface area contributed by atoms with Crippen LogP contribution in [0, 0.1) is 17.3 Å². The van der Waals surface area contributed by atoms with E-state index in [1.807, 2.05) is 32.9 Å². The number of fused-ring (bicyclic) bond motifs is 1. The van der Waals surface area contributed by atoms with Gasteiger partial charge in [0.1, 0.15) is 23.9 Å². The zero-order chi connectivity index (χ0) is 28.0. The number of carbonyl (C=O) groups excluding carboxylic acids is 3. The third kappa shape index (κ3) is 4.34. The van der Waals surface area contributed by atoms with Crippen LogP contribution in [-0.4, -0.2) is 59.1 Å². The van der Waals surface area contributed by atoms with Crippen molar-refractivity contribution >= 4 is 17.9 Å². The first-order valence-electron chi connectivity index (χ1n) is 13.5. The highest BCUT2D eigenvalue weighted by Crippen LogP contribution is 2.67. The molecule has 2 aromatic rings. The second kappa shape index (κ2) is 10.1. The van der Waals surface area contributed by atoms with Gasteiger partial charge in [-0.2, -0.15) is 0 Å². The lowest BCUT2D eigenvalue weighted by Gasteiger charge is -2.61. The van der Waals surface area contributed by atoms with E-state index >= 15 is 0 Å². The first-order valence-corrected chi connectivity index (χ1v) is 13.5. The van der Waals surface area contributed by atoms with Gasteiger partial charge in [-0.1, -0.05) is 36.4 Å². The summed E-state index contributed by atoms with van der Waals surface area (Å²) in [6, 6.07) is 17.4. The van der Waals surface area contributed by atoms with E-state index in [-0.39, 0.29) is 12.5 Å². The summed E-state index contributed by atoms with van der Waals surface area (Å²) in [5.74, 6) is -2.27. The molecule has 8 heteroatoms. The summed E-state index contributed by atoms with van der Waals surface area (Å²) in [6.07, 6.45) is -0.956. The molecule has 3 fully saturated rings. The maximum Gasteiger partial charge on any atom is 0.338 e. The second-order valence-corrected chi connectivity index (χ2v) is 11.6. The molecule has 8 nitrogen and oxygen atoms in total. The van der Waals surface area contributed by atoms with Crippen molar-refractivity contribution in [2.75, 3.05) is 6.61 Å². The molecule has 2 bridgehead atoms. The lowest BCUT2D eigenvalue weighted by Crippen LogP contribution is -2.74. The minimum atomic E-state index is -1.28. The fourth-order valence-electron chi connectivity index (χ4n) is 7.34. The standard InChI is InChI=1S/C31H36O8/c1-19(33)36-24-16-15-22(18-32)31-26(38-28(35)21-13-9-6-10-14-21)23(29(2,3)39-31)17-25(30(24,31)4)37-27(34)20-11-7-5-8-12-20/h5-14,22-26,32H,15-18H2,1-4H3. The van der Waals surface area contributed by atoms with Crippen molar-refractivity contribution in [2.24, 2.45) is 17.3 Å². The van der Waals surface area contributed by atoms with E-state index in [2.05, 4.69) is 0 Å². The zero-order valence-corrected chi connectivity index (χ0v) is 22.8. The number of esters is 3. The van der Waals surface area contributed by atoms with E-state index < -0.39 is 58.8 Å². The molecule has 7 unspecified atom stereocenters.